The predicted octanol–water partition coefficient (Wildman–Crippen LogP) is 4.68. The summed E-state index contributed by atoms with van der Waals surface area (Å²) in [4.78, 5) is 14.4. The van der Waals surface area contributed by atoms with E-state index in [0.717, 1.165) is 21.4 Å². The topological polar surface area (TPSA) is 20.3 Å². The SMILES string of the molecule is CN1/C(=C\C(=O)c2ccc(Br)cc2)C=Cc2ccccc21. The summed E-state index contributed by atoms with van der Waals surface area (Å²) in [7, 11) is 1.98. The van der Waals surface area contributed by atoms with E-state index in [-0.39, 0.29) is 5.78 Å². The number of allylic oxidation sites excluding steroid dienone is 2. The highest BCUT2D eigenvalue weighted by molar-refractivity contribution is 9.10. The standard InChI is InChI=1S/C18H14BrNO/c1-20-16(11-8-13-4-2-3-5-17(13)20)12-18(21)14-6-9-15(19)10-7-14/h2-12H,1H3/b16-12-. The van der Waals surface area contributed by atoms with Crippen molar-refractivity contribution >= 4 is 33.5 Å². The van der Waals surface area contributed by atoms with Crippen molar-refractivity contribution in [2.24, 2.45) is 0 Å². The first-order valence-corrected chi connectivity index (χ1v) is 7.47. The van der Waals surface area contributed by atoms with Crippen molar-refractivity contribution < 1.29 is 4.79 Å². The molecular weight excluding hydrogens is 326 g/mol. The van der Waals surface area contributed by atoms with Gasteiger partial charge in [0, 0.05) is 34.5 Å². The van der Waals surface area contributed by atoms with Gasteiger partial charge in [-0.2, -0.15) is 0 Å². The van der Waals surface area contributed by atoms with Crippen molar-refractivity contribution in [1.82, 2.24) is 0 Å². The largest absolute Gasteiger partial charge is 0.344 e. The van der Waals surface area contributed by atoms with Crippen LogP contribution in [0.25, 0.3) is 6.08 Å². The highest BCUT2D eigenvalue weighted by atomic mass is 79.9. The number of hydrogen-bond donors (Lipinski definition) is 0. The maximum atomic E-state index is 12.3. The number of anilines is 1. The lowest BCUT2D eigenvalue weighted by molar-refractivity contribution is 0.104. The molecule has 104 valence electrons. The van der Waals surface area contributed by atoms with E-state index < -0.39 is 0 Å². The molecule has 0 fully saturated rings. The molecule has 1 aliphatic heterocycles. The van der Waals surface area contributed by atoms with Crippen molar-refractivity contribution in [3.8, 4) is 0 Å². The van der Waals surface area contributed by atoms with Gasteiger partial charge in [-0.05, 0) is 42.0 Å². The fourth-order valence-electron chi connectivity index (χ4n) is 2.34. The van der Waals surface area contributed by atoms with Crippen LogP contribution in [0.4, 0.5) is 5.69 Å². The van der Waals surface area contributed by atoms with Crippen molar-refractivity contribution in [3.63, 3.8) is 0 Å². The maximum absolute atomic E-state index is 12.3. The molecule has 1 aliphatic rings. The predicted molar refractivity (Wildman–Crippen MR) is 90.4 cm³/mol. The summed E-state index contributed by atoms with van der Waals surface area (Å²) in [6.45, 7) is 0. The van der Waals surface area contributed by atoms with Crippen LogP contribution in [0, 0.1) is 0 Å². The molecule has 0 unspecified atom stereocenters. The minimum Gasteiger partial charge on any atom is -0.344 e. The van der Waals surface area contributed by atoms with Crippen molar-refractivity contribution in [2.45, 2.75) is 0 Å². The summed E-state index contributed by atoms with van der Waals surface area (Å²) in [6, 6.07) is 15.5. The molecule has 1 heterocycles. The van der Waals surface area contributed by atoms with Gasteiger partial charge in [-0.15, -0.1) is 0 Å². The fourth-order valence-corrected chi connectivity index (χ4v) is 2.60. The molecule has 0 radical (unpaired) electrons. The average molecular weight is 340 g/mol. The zero-order valence-electron chi connectivity index (χ0n) is 11.6. The molecule has 2 nitrogen and oxygen atoms in total. The highest BCUT2D eigenvalue weighted by Gasteiger charge is 2.14. The first kappa shape index (κ1) is 13.8. The molecule has 0 N–H and O–H groups in total. The number of halogens is 1. The number of hydrogen-bond acceptors (Lipinski definition) is 2. The van der Waals surface area contributed by atoms with Gasteiger partial charge in [-0.25, -0.2) is 0 Å². The molecule has 0 aromatic heterocycles. The van der Waals surface area contributed by atoms with Crippen LogP contribution in [-0.4, -0.2) is 12.8 Å². The normalized spacial score (nSPS) is 15.1. The lowest BCUT2D eigenvalue weighted by Crippen LogP contribution is -2.19. The lowest BCUT2D eigenvalue weighted by atomic mass is 10.0. The third-order valence-electron chi connectivity index (χ3n) is 3.53. The Kier molecular flexibility index (Phi) is 3.76. The second-order valence-electron chi connectivity index (χ2n) is 4.89. The quantitative estimate of drug-likeness (QED) is 0.584. The van der Waals surface area contributed by atoms with Gasteiger partial charge in [0.1, 0.15) is 0 Å². The molecule has 0 atom stereocenters. The Bertz CT molecular complexity index is 744. The van der Waals surface area contributed by atoms with Crippen LogP contribution < -0.4 is 4.90 Å². The number of fused-ring (bicyclic) bond motifs is 1. The Morgan fingerprint density at radius 3 is 2.52 bits per heavy atom. The van der Waals surface area contributed by atoms with Crippen LogP contribution in [0.1, 0.15) is 15.9 Å². The van der Waals surface area contributed by atoms with Crippen LogP contribution in [0.15, 0.2) is 70.9 Å². The Labute approximate surface area is 132 Å². The molecule has 21 heavy (non-hydrogen) atoms. The zero-order chi connectivity index (χ0) is 14.8. The van der Waals surface area contributed by atoms with Gasteiger partial charge in [-0.1, -0.05) is 40.2 Å². The van der Waals surface area contributed by atoms with Gasteiger partial charge in [0.15, 0.2) is 5.78 Å². The van der Waals surface area contributed by atoms with Gasteiger partial charge in [0.25, 0.3) is 0 Å². The fraction of sp³-hybridized carbons (Fsp3) is 0.0556. The van der Waals surface area contributed by atoms with Gasteiger partial charge in [0.05, 0.1) is 0 Å². The Hall–Kier alpha value is -2.13. The molecule has 0 spiro atoms. The van der Waals surface area contributed by atoms with Crippen LogP contribution in [0.5, 0.6) is 0 Å². The van der Waals surface area contributed by atoms with Crippen molar-refractivity contribution in [2.75, 3.05) is 11.9 Å². The van der Waals surface area contributed by atoms with E-state index in [1.54, 1.807) is 6.08 Å². The van der Waals surface area contributed by atoms with E-state index in [1.165, 1.54) is 0 Å². The number of nitrogens with zero attached hydrogens (tertiary/aromatic N) is 1. The number of benzene rings is 2. The van der Waals surface area contributed by atoms with Crippen LogP contribution in [0.2, 0.25) is 0 Å². The number of carbonyl (C=O) groups is 1. The average Bonchev–Trinajstić information content (AvgIpc) is 2.51. The molecule has 0 aliphatic carbocycles. The number of rotatable bonds is 2. The van der Waals surface area contributed by atoms with Crippen LogP contribution in [0.3, 0.4) is 0 Å². The van der Waals surface area contributed by atoms with Crippen molar-refractivity contribution in [3.05, 3.63) is 82.0 Å². The van der Waals surface area contributed by atoms with E-state index in [4.69, 9.17) is 0 Å². The smallest absolute Gasteiger partial charge is 0.187 e. The Morgan fingerprint density at radius 2 is 1.76 bits per heavy atom. The molecular formula is C18H14BrNO. The number of likely N-dealkylation sites (N-methyl/N-ethyl adjacent to an activating group) is 1. The third-order valence-corrected chi connectivity index (χ3v) is 4.06. The molecule has 0 bridgehead atoms. The van der Waals surface area contributed by atoms with E-state index in [2.05, 4.69) is 28.1 Å². The van der Waals surface area contributed by atoms with E-state index in [1.807, 2.05) is 60.5 Å². The minimum atomic E-state index is 0.00776. The first-order chi connectivity index (χ1) is 10.1. The lowest BCUT2D eigenvalue weighted by Gasteiger charge is -2.26. The molecule has 3 heteroatoms. The number of carbonyl (C=O) groups excluding carboxylic acids is 1. The monoisotopic (exact) mass is 339 g/mol. The Balaban J connectivity index is 1.91. The summed E-state index contributed by atoms with van der Waals surface area (Å²) in [5.41, 5.74) is 3.84. The highest BCUT2D eigenvalue weighted by Crippen LogP contribution is 2.29. The van der Waals surface area contributed by atoms with Gasteiger partial charge >= 0.3 is 0 Å². The Morgan fingerprint density at radius 1 is 1.05 bits per heavy atom. The van der Waals surface area contributed by atoms with Gasteiger partial charge < -0.3 is 4.90 Å². The number of ketones is 1. The van der Waals surface area contributed by atoms with Crippen LogP contribution >= 0.6 is 15.9 Å². The van der Waals surface area contributed by atoms with Gasteiger partial charge in [-0.3, -0.25) is 4.79 Å². The maximum Gasteiger partial charge on any atom is 0.187 e. The van der Waals surface area contributed by atoms with E-state index >= 15 is 0 Å². The summed E-state index contributed by atoms with van der Waals surface area (Å²) in [5.74, 6) is 0.00776. The summed E-state index contributed by atoms with van der Waals surface area (Å²) in [5, 5.41) is 0. The minimum absolute atomic E-state index is 0.00776. The third kappa shape index (κ3) is 2.83. The van der Waals surface area contributed by atoms with Crippen LogP contribution in [-0.2, 0) is 0 Å². The first-order valence-electron chi connectivity index (χ1n) is 6.67. The second kappa shape index (κ2) is 5.70. The summed E-state index contributed by atoms with van der Waals surface area (Å²) in [6.07, 6.45) is 5.69. The van der Waals surface area contributed by atoms with E-state index in [9.17, 15) is 4.79 Å². The van der Waals surface area contributed by atoms with E-state index in [0.29, 0.717) is 5.56 Å². The molecule has 0 saturated heterocycles. The molecule has 0 amide bonds. The molecule has 2 aromatic rings. The van der Waals surface area contributed by atoms with Crippen molar-refractivity contribution in [1.29, 1.82) is 0 Å². The number of para-hydroxylation sites is 1. The summed E-state index contributed by atoms with van der Waals surface area (Å²) >= 11 is 3.37. The molecule has 0 saturated carbocycles. The molecule has 2 aromatic carbocycles. The van der Waals surface area contributed by atoms with Gasteiger partial charge in [0.2, 0.25) is 0 Å². The molecule has 3 rings (SSSR count). The zero-order valence-corrected chi connectivity index (χ0v) is 13.2. The summed E-state index contributed by atoms with van der Waals surface area (Å²) < 4.78 is 0.968. The second-order valence-corrected chi connectivity index (χ2v) is 5.81.